The van der Waals surface area contributed by atoms with Crippen molar-refractivity contribution in [2.45, 2.75) is 19.9 Å². The second-order valence-electron chi connectivity index (χ2n) is 4.24. The van der Waals surface area contributed by atoms with Crippen LogP contribution >= 0.6 is 0 Å². The van der Waals surface area contributed by atoms with Crippen LogP contribution in [0.4, 0.5) is 10.1 Å². The van der Waals surface area contributed by atoms with Crippen molar-refractivity contribution in [1.29, 1.82) is 0 Å². The Morgan fingerprint density at radius 1 is 1.35 bits per heavy atom. The highest BCUT2D eigenvalue weighted by atomic mass is 19.1. The maximum Gasteiger partial charge on any atom is 0.276 e. The van der Waals surface area contributed by atoms with Gasteiger partial charge in [0.25, 0.3) is 11.5 Å². The molecule has 0 atom stereocenters. The third kappa shape index (κ3) is 3.28. The van der Waals surface area contributed by atoms with E-state index in [1.165, 1.54) is 35.0 Å². The van der Waals surface area contributed by atoms with Crippen LogP contribution in [0.2, 0.25) is 0 Å². The molecule has 0 saturated carbocycles. The molecule has 0 bridgehead atoms. The topological polar surface area (TPSA) is 64.0 Å². The molecule has 0 aliphatic carbocycles. The quantitative estimate of drug-likeness (QED) is 0.928. The predicted octanol–water partition coefficient (Wildman–Crippen LogP) is 2.04. The summed E-state index contributed by atoms with van der Waals surface area (Å²) in [5, 5.41) is 6.51. The van der Waals surface area contributed by atoms with Crippen LogP contribution in [0, 0.1) is 5.82 Å². The number of hydrogen-bond acceptors (Lipinski definition) is 3. The Labute approximate surface area is 115 Å². The van der Waals surface area contributed by atoms with Gasteiger partial charge in [0.05, 0.1) is 0 Å². The van der Waals surface area contributed by atoms with Crippen LogP contribution in [-0.4, -0.2) is 15.7 Å². The minimum absolute atomic E-state index is 0.113. The first-order chi connectivity index (χ1) is 9.60. The first-order valence-electron chi connectivity index (χ1n) is 6.25. The highest BCUT2D eigenvalue weighted by Gasteiger charge is 2.10. The number of aromatic nitrogens is 2. The summed E-state index contributed by atoms with van der Waals surface area (Å²) in [6, 6.07) is 8.21. The van der Waals surface area contributed by atoms with Gasteiger partial charge in [-0.05, 0) is 30.7 Å². The van der Waals surface area contributed by atoms with Crippen LogP contribution < -0.4 is 10.9 Å². The van der Waals surface area contributed by atoms with E-state index in [0.717, 1.165) is 6.42 Å². The second-order valence-corrected chi connectivity index (χ2v) is 4.24. The van der Waals surface area contributed by atoms with E-state index in [0.29, 0.717) is 12.2 Å². The molecule has 0 saturated heterocycles. The van der Waals surface area contributed by atoms with Gasteiger partial charge < -0.3 is 5.32 Å². The van der Waals surface area contributed by atoms with Gasteiger partial charge >= 0.3 is 0 Å². The van der Waals surface area contributed by atoms with E-state index in [9.17, 15) is 14.0 Å². The summed E-state index contributed by atoms with van der Waals surface area (Å²) in [5.41, 5.74) is 0.196. The molecule has 1 aromatic heterocycles. The molecule has 104 valence electrons. The maximum atomic E-state index is 13.0. The fourth-order valence-electron chi connectivity index (χ4n) is 1.70. The van der Waals surface area contributed by atoms with Gasteiger partial charge in [0.1, 0.15) is 11.5 Å². The third-order valence-electron chi connectivity index (χ3n) is 2.62. The van der Waals surface area contributed by atoms with Crippen LogP contribution in [0.3, 0.4) is 0 Å². The molecule has 0 aliphatic heterocycles. The van der Waals surface area contributed by atoms with Crippen molar-refractivity contribution in [3.63, 3.8) is 0 Å². The first kappa shape index (κ1) is 13.9. The lowest BCUT2D eigenvalue weighted by atomic mass is 10.3. The standard InChI is InChI=1S/C14H14FN3O2/c1-2-8-18-13(19)7-6-12(17-18)14(20)16-11-5-3-4-10(15)9-11/h3-7,9H,2,8H2,1H3,(H,16,20). The summed E-state index contributed by atoms with van der Waals surface area (Å²) in [4.78, 5) is 23.5. The van der Waals surface area contributed by atoms with Crippen LogP contribution in [0.15, 0.2) is 41.2 Å². The molecule has 0 radical (unpaired) electrons. The number of nitrogens with zero attached hydrogens (tertiary/aromatic N) is 2. The number of benzene rings is 1. The summed E-state index contributed by atoms with van der Waals surface area (Å²) < 4.78 is 14.3. The highest BCUT2D eigenvalue weighted by Crippen LogP contribution is 2.10. The minimum atomic E-state index is -0.486. The Bertz CT molecular complexity index is 682. The number of halogens is 1. The smallest absolute Gasteiger partial charge is 0.276 e. The van der Waals surface area contributed by atoms with E-state index < -0.39 is 11.7 Å². The molecule has 1 aromatic carbocycles. The van der Waals surface area contributed by atoms with Gasteiger partial charge in [-0.2, -0.15) is 5.10 Å². The van der Waals surface area contributed by atoms with Crippen molar-refractivity contribution < 1.29 is 9.18 Å². The molecule has 20 heavy (non-hydrogen) atoms. The lowest BCUT2D eigenvalue weighted by Gasteiger charge is -2.07. The Morgan fingerprint density at radius 2 is 2.15 bits per heavy atom. The van der Waals surface area contributed by atoms with Crippen LogP contribution in [-0.2, 0) is 6.54 Å². The first-order valence-corrected chi connectivity index (χ1v) is 6.25. The van der Waals surface area contributed by atoms with Gasteiger partial charge in [-0.25, -0.2) is 9.07 Å². The molecular weight excluding hydrogens is 261 g/mol. The van der Waals surface area contributed by atoms with Gasteiger partial charge in [0, 0.05) is 18.3 Å². The van der Waals surface area contributed by atoms with Gasteiger partial charge in [-0.3, -0.25) is 9.59 Å². The van der Waals surface area contributed by atoms with Gasteiger partial charge in [0.15, 0.2) is 0 Å². The normalized spacial score (nSPS) is 10.3. The fraction of sp³-hybridized carbons (Fsp3) is 0.214. The lowest BCUT2D eigenvalue weighted by molar-refractivity contribution is 0.102. The van der Waals surface area contributed by atoms with Crippen LogP contribution in [0.25, 0.3) is 0 Å². The van der Waals surface area contributed by atoms with Crippen molar-refractivity contribution in [3.8, 4) is 0 Å². The van der Waals surface area contributed by atoms with Crippen molar-refractivity contribution in [2.24, 2.45) is 0 Å². The molecule has 0 spiro atoms. The summed E-state index contributed by atoms with van der Waals surface area (Å²) in [6.45, 7) is 2.35. The Balaban J connectivity index is 2.21. The summed E-state index contributed by atoms with van der Waals surface area (Å²) in [5.74, 6) is -0.924. The molecular formula is C14H14FN3O2. The number of rotatable bonds is 4. The van der Waals surface area contributed by atoms with E-state index in [4.69, 9.17) is 0 Å². The third-order valence-corrected chi connectivity index (χ3v) is 2.62. The largest absolute Gasteiger partial charge is 0.320 e. The van der Waals surface area contributed by atoms with E-state index in [2.05, 4.69) is 10.4 Å². The summed E-state index contributed by atoms with van der Waals surface area (Å²) in [6.07, 6.45) is 0.738. The number of aryl methyl sites for hydroxylation is 1. The summed E-state index contributed by atoms with van der Waals surface area (Å²) >= 11 is 0. The van der Waals surface area contributed by atoms with Gasteiger partial charge in [-0.1, -0.05) is 13.0 Å². The molecule has 5 nitrogen and oxygen atoms in total. The second kappa shape index (κ2) is 6.10. The number of amides is 1. The van der Waals surface area contributed by atoms with E-state index in [-0.39, 0.29) is 11.3 Å². The Hall–Kier alpha value is -2.50. The number of anilines is 1. The molecule has 1 N–H and O–H groups in total. The molecule has 2 rings (SSSR count). The Kier molecular flexibility index (Phi) is 4.24. The van der Waals surface area contributed by atoms with Crippen molar-refractivity contribution in [3.05, 3.63) is 58.3 Å². The van der Waals surface area contributed by atoms with E-state index in [1.54, 1.807) is 6.07 Å². The number of carbonyl (C=O) groups is 1. The van der Waals surface area contributed by atoms with Crippen LogP contribution in [0.5, 0.6) is 0 Å². The monoisotopic (exact) mass is 275 g/mol. The molecule has 0 aliphatic rings. The molecule has 1 heterocycles. The molecule has 2 aromatic rings. The number of hydrogen-bond donors (Lipinski definition) is 1. The minimum Gasteiger partial charge on any atom is -0.320 e. The zero-order valence-electron chi connectivity index (χ0n) is 11.0. The van der Waals surface area contributed by atoms with Crippen LogP contribution in [0.1, 0.15) is 23.8 Å². The van der Waals surface area contributed by atoms with Crippen molar-refractivity contribution in [2.75, 3.05) is 5.32 Å². The molecule has 6 heteroatoms. The molecule has 1 amide bonds. The van der Waals surface area contributed by atoms with E-state index in [1.807, 2.05) is 6.92 Å². The zero-order chi connectivity index (χ0) is 14.5. The van der Waals surface area contributed by atoms with Crippen molar-refractivity contribution >= 4 is 11.6 Å². The summed E-state index contributed by atoms with van der Waals surface area (Å²) in [7, 11) is 0. The zero-order valence-corrected chi connectivity index (χ0v) is 11.0. The highest BCUT2D eigenvalue weighted by molar-refractivity contribution is 6.02. The van der Waals surface area contributed by atoms with Gasteiger partial charge in [-0.15, -0.1) is 0 Å². The fourth-order valence-corrected chi connectivity index (χ4v) is 1.70. The lowest BCUT2D eigenvalue weighted by Crippen LogP contribution is -2.26. The van der Waals surface area contributed by atoms with Gasteiger partial charge in [0.2, 0.25) is 0 Å². The SMILES string of the molecule is CCCn1nc(C(=O)Nc2cccc(F)c2)ccc1=O. The Morgan fingerprint density at radius 3 is 2.85 bits per heavy atom. The van der Waals surface area contributed by atoms with E-state index >= 15 is 0 Å². The average Bonchev–Trinajstić information content (AvgIpc) is 2.41. The predicted molar refractivity (Wildman–Crippen MR) is 73.1 cm³/mol. The molecule has 0 unspecified atom stereocenters. The maximum absolute atomic E-state index is 13.0. The average molecular weight is 275 g/mol. The number of carbonyl (C=O) groups excluding carboxylic acids is 1. The number of nitrogens with one attached hydrogen (secondary N) is 1. The molecule has 0 fully saturated rings. The van der Waals surface area contributed by atoms with Crippen molar-refractivity contribution in [1.82, 2.24) is 9.78 Å².